The molecule has 1 aromatic rings. The van der Waals surface area contributed by atoms with Gasteiger partial charge in [-0.05, 0) is 75.5 Å². The summed E-state index contributed by atoms with van der Waals surface area (Å²) in [5.41, 5.74) is 6.67. The molecule has 0 aromatic carbocycles. The second kappa shape index (κ2) is 3.60. The number of aromatic nitrogens is 3. The van der Waals surface area contributed by atoms with Crippen molar-refractivity contribution in [3.63, 3.8) is 0 Å². The Morgan fingerprint density at radius 1 is 1.16 bits per heavy atom. The maximum absolute atomic E-state index is 6.81. The molecule has 1 heterocycles. The lowest BCUT2D eigenvalue weighted by Crippen LogP contribution is -2.59. The van der Waals surface area contributed by atoms with Crippen LogP contribution in [0.15, 0.2) is 0 Å². The zero-order valence-corrected chi connectivity index (χ0v) is 11.9. The van der Waals surface area contributed by atoms with Crippen LogP contribution in [0.25, 0.3) is 0 Å². The van der Waals surface area contributed by atoms with Crippen LogP contribution >= 0.6 is 0 Å². The Balaban J connectivity index is 1.74. The normalized spacial score (nSPS) is 43.4. The van der Waals surface area contributed by atoms with Gasteiger partial charge in [0, 0.05) is 0 Å². The van der Waals surface area contributed by atoms with Gasteiger partial charge in [-0.2, -0.15) is 5.10 Å². The molecule has 4 fully saturated rings. The van der Waals surface area contributed by atoms with Crippen LogP contribution in [-0.2, 0) is 5.54 Å². The molecule has 0 aliphatic heterocycles. The van der Waals surface area contributed by atoms with Gasteiger partial charge in [0.25, 0.3) is 0 Å². The molecule has 0 amide bonds. The zero-order chi connectivity index (χ0) is 13.3. The lowest BCUT2D eigenvalue weighted by molar-refractivity contribution is -0.0974. The molecule has 4 saturated carbocycles. The number of hydrogen-bond donors (Lipinski definition) is 2. The molecule has 1 unspecified atom stereocenters. The summed E-state index contributed by atoms with van der Waals surface area (Å²) >= 11 is 0. The van der Waals surface area contributed by atoms with Crippen molar-refractivity contribution in [2.24, 2.45) is 28.9 Å². The lowest BCUT2D eigenvalue weighted by atomic mass is 9.45. The second-order valence-electron chi connectivity index (χ2n) is 7.64. The van der Waals surface area contributed by atoms with Gasteiger partial charge >= 0.3 is 0 Å². The van der Waals surface area contributed by atoms with E-state index >= 15 is 0 Å². The van der Waals surface area contributed by atoms with Crippen LogP contribution in [0, 0.1) is 30.1 Å². The predicted octanol–water partition coefficient (Wildman–Crippen LogP) is 2.50. The van der Waals surface area contributed by atoms with E-state index in [-0.39, 0.29) is 11.0 Å². The highest BCUT2D eigenvalue weighted by Crippen LogP contribution is 2.64. The number of aryl methyl sites for hydroxylation is 1. The average molecular weight is 260 g/mol. The van der Waals surface area contributed by atoms with E-state index in [4.69, 9.17) is 5.73 Å². The number of aromatic amines is 1. The van der Waals surface area contributed by atoms with Gasteiger partial charge in [0.15, 0.2) is 5.82 Å². The van der Waals surface area contributed by atoms with Crippen molar-refractivity contribution in [2.75, 3.05) is 0 Å². The molecule has 19 heavy (non-hydrogen) atoms. The Hall–Kier alpha value is -0.900. The summed E-state index contributed by atoms with van der Waals surface area (Å²) in [5, 5.41) is 7.35. The van der Waals surface area contributed by atoms with E-state index in [1.165, 1.54) is 38.5 Å². The van der Waals surface area contributed by atoms with E-state index in [0.29, 0.717) is 0 Å². The van der Waals surface area contributed by atoms with Gasteiger partial charge < -0.3 is 5.73 Å². The summed E-state index contributed by atoms with van der Waals surface area (Å²) in [4.78, 5) is 4.55. The standard InChI is InChI=1S/C15H24N4/c1-9-17-13(19-18-9)14(2,16)15-6-10-3-11(7-15)5-12(4-10)8-15/h10-12H,3-8,16H2,1-2H3,(H,17,18,19). The van der Waals surface area contributed by atoms with Crippen LogP contribution in [0.3, 0.4) is 0 Å². The molecule has 1 aromatic heterocycles. The minimum Gasteiger partial charge on any atom is -0.318 e. The Morgan fingerprint density at radius 3 is 2.11 bits per heavy atom. The first kappa shape index (κ1) is 11.9. The predicted molar refractivity (Wildman–Crippen MR) is 73.3 cm³/mol. The van der Waals surface area contributed by atoms with E-state index in [0.717, 1.165) is 29.4 Å². The number of nitrogens with two attached hydrogens (primary N) is 1. The highest BCUT2D eigenvalue weighted by Gasteiger charge is 2.59. The number of H-pyrrole nitrogens is 1. The van der Waals surface area contributed by atoms with Crippen LogP contribution in [0.5, 0.6) is 0 Å². The third-order valence-electron chi connectivity index (χ3n) is 6.20. The summed E-state index contributed by atoms with van der Waals surface area (Å²) in [6, 6.07) is 0. The van der Waals surface area contributed by atoms with E-state index in [1.54, 1.807) is 0 Å². The summed E-state index contributed by atoms with van der Waals surface area (Å²) in [6.45, 7) is 4.12. The second-order valence-corrected chi connectivity index (χ2v) is 7.64. The number of hydrogen-bond acceptors (Lipinski definition) is 3. The fourth-order valence-corrected chi connectivity index (χ4v) is 5.56. The third kappa shape index (κ3) is 1.55. The molecule has 4 aliphatic rings. The summed E-state index contributed by atoms with van der Waals surface area (Å²) in [6.07, 6.45) is 8.21. The van der Waals surface area contributed by atoms with Crippen LogP contribution in [0.2, 0.25) is 0 Å². The van der Waals surface area contributed by atoms with Crippen LogP contribution < -0.4 is 5.73 Å². The minimum atomic E-state index is -0.381. The maximum Gasteiger partial charge on any atom is 0.170 e. The Labute approximate surface area is 114 Å². The fourth-order valence-electron chi connectivity index (χ4n) is 5.56. The van der Waals surface area contributed by atoms with E-state index in [2.05, 4.69) is 22.1 Å². The molecule has 4 nitrogen and oxygen atoms in total. The van der Waals surface area contributed by atoms with Crippen LogP contribution in [-0.4, -0.2) is 15.2 Å². The largest absolute Gasteiger partial charge is 0.318 e. The van der Waals surface area contributed by atoms with Crippen molar-refractivity contribution in [1.82, 2.24) is 15.2 Å². The molecule has 0 saturated heterocycles. The minimum absolute atomic E-state index is 0.246. The molecule has 104 valence electrons. The fraction of sp³-hybridized carbons (Fsp3) is 0.867. The Morgan fingerprint density at radius 2 is 1.68 bits per heavy atom. The van der Waals surface area contributed by atoms with Crippen molar-refractivity contribution in [3.05, 3.63) is 11.6 Å². The third-order valence-corrected chi connectivity index (χ3v) is 6.20. The molecule has 0 radical (unpaired) electrons. The summed E-state index contributed by atoms with van der Waals surface area (Å²) in [5.74, 6) is 4.43. The number of nitrogens with zero attached hydrogens (tertiary/aromatic N) is 2. The van der Waals surface area contributed by atoms with Gasteiger partial charge in [-0.25, -0.2) is 4.98 Å². The van der Waals surface area contributed by atoms with E-state index in [1.807, 2.05) is 6.92 Å². The van der Waals surface area contributed by atoms with Gasteiger partial charge in [0.1, 0.15) is 5.82 Å². The molecule has 3 N–H and O–H groups in total. The Kier molecular flexibility index (Phi) is 2.25. The van der Waals surface area contributed by atoms with Crippen molar-refractivity contribution in [2.45, 2.75) is 57.9 Å². The number of rotatable bonds is 2. The number of nitrogens with one attached hydrogen (secondary N) is 1. The van der Waals surface area contributed by atoms with Crippen molar-refractivity contribution in [1.29, 1.82) is 0 Å². The first-order valence-corrected chi connectivity index (χ1v) is 7.67. The topological polar surface area (TPSA) is 67.6 Å². The molecule has 4 bridgehead atoms. The zero-order valence-electron chi connectivity index (χ0n) is 11.9. The van der Waals surface area contributed by atoms with Crippen molar-refractivity contribution in [3.8, 4) is 0 Å². The first-order valence-electron chi connectivity index (χ1n) is 7.67. The summed E-state index contributed by atoms with van der Waals surface area (Å²) in [7, 11) is 0. The van der Waals surface area contributed by atoms with Gasteiger partial charge in [-0.15, -0.1) is 0 Å². The van der Waals surface area contributed by atoms with E-state index < -0.39 is 0 Å². The smallest absolute Gasteiger partial charge is 0.170 e. The molecule has 4 aliphatic carbocycles. The quantitative estimate of drug-likeness (QED) is 0.858. The van der Waals surface area contributed by atoms with Crippen LogP contribution in [0.1, 0.15) is 57.1 Å². The van der Waals surface area contributed by atoms with Crippen molar-refractivity contribution >= 4 is 0 Å². The van der Waals surface area contributed by atoms with Crippen LogP contribution in [0.4, 0.5) is 0 Å². The highest BCUT2D eigenvalue weighted by atomic mass is 15.2. The van der Waals surface area contributed by atoms with Gasteiger partial charge in [-0.1, -0.05) is 0 Å². The average Bonchev–Trinajstić information content (AvgIpc) is 2.74. The van der Waals surface area contributed by atoms with Gasteiger partial charge in [-0.3, -0.25) is 5.10 Å². The van der Waals surface area contributed by atoms with E-state index in [9.17, 15) is 0 Å². The molecule has 4 heteroatoms. The van der Waals surface area contributed by atoms with Gasteiger partial charge in [0.05, 0.1) is 5.54 Å². The maximum atomic E-state index is 6.81. The highest BCUT2D eigenvalue weighted by molar-refractivity contribution is 5.17. The first-order chi connectivity index (χ1) is 8.98. The van der Waals surface area contributed by atoms with Gasteiger partial charge in [0.2, 0.25) is 0 Å². The Bertz CT molecular complexity index is 467. The molecule has 1 atom stereocenters. The molecular weight excluding hydrogens is 236 g/mol. The summed E-state index contributed by atoms with van der Waals surface area (Å²) < 4.78 is 0. The lowest BCUT2D eigenvalue weighted by Gasteiger charge is -2.61. The van der Waals surface area contributed by atoms with Crippen molar-refractivity contribution < 1.29 is 0 Å². The molecule has 5 rings (SSSR count). The SMILES string of the molecule is Cc1nc(C(C)(N)C23CC4CC(CC(C4)C2)C3)n[nH]1. The molecular formula is C15H24N4. The monoisotopic (exact) mass is 260 g/mol. The molecule has 0 spiro atoms.